The van der Waals surface area contributed by atoms with E-state index in [2.05, 4.69) is 29.2 Å². The molecule has 2 aliphatic rings. The molecule has 2 heteroatoms. The van der Waals surface area contributed by atoms with Gasteiger partial charge in [-0.3, -0.25) is 0 Å². The molecule has 1 N–H and O–H groups in total. The van der Waals surface area contributed by atoms with Crippen molar-refractivity contribution >= 4 is 0 Å². The second-order valence-electron chi connectivity index (χ2n) is 5.65. The molecule has 17 heavy (non-hydrogen) atoms. The molecule has 0 amide bonds. The highest BCUT2D eigenvalue weighted by atomic mass is 16.3. The lowest BCUT2D eigenvalue weighted by molar-refractivity contribution is 0.127. The molecule has 1 heterocycles. The number of rotatable bonds is 3. The maximum atomic E-state index is 9.61. The van der Waals surface area contributed by atoms with E-state index in [4.69, 9.17) is 0 Å². The topological polar surface area (TPSA) is 23.5 Å². The fraction of sp³-hybridized carbons (Fsp3) is 0.600. The fourth-order valence-electron chi connectivity index (χ4n) is 3.26. The first kappa shape index (κ1) is 11.2. The highest BCUT2D eigenvalue weighted by Gasteiger charge is 2.31. The molecule has 1 fully saturated rings. The van der Waals surface area contributed by atoms with Crippen molar-refractivity contribution in [3.8, 4) is 0 Å². The Labute approximate surface area is 103 Å². The molecule has 1 aromatic rings. The van der Waals surface area contributed by atoms with Crippen LogP contribution in [-0.2, 0) is 6.42 Å². The molecule has 1 saturated heterocycles. The number of nitrogens with zero attached hydrogens (tertiary/aromatic N) is 1. The van der Waals surface area contributed by atoms with Crippen LogP contribution in [-0.4, -0.2) is 35.7 Å². The van der Waals surface area contributed by atoms with Crippen LogP contribution in [0.25, 0.3) is 0 Å². The molecule has 92 valence electrons. The molecule has 3 rings (SSSR count). The van der Waals surface area contributed by atoms with Crippen molar-refractivity contribution in [2.75, 3.05) is 19.6 Å². The third-order valence-electron chi connectivity index (χ3n) is 4.43. The number of likely N-dealkylation sites (tertiary alicyclic amines) is 1. The summed E-state index contributed by atoms with van der Waals surface area (Å²) < 4.78 is 0. The van der Waals surface area contributed by atoms with Gasteiger partial charge in [0.25, 0.3) is 0 Å². The van der Waals surface area contributed by atoms with Crippen molar-refractivity contribution < 1.29 is 5.11 Å². The average Bonchev–Trinajstić information content (AvgIpc) is 2.75. The van der Waals surface area contributed by atoms with Gasteiger partial charge in [0.05, 0.1) is 6.10 Å². The summed E-state index contributed by atoms with van der Waals surface area (Å²) in [5, 5.41) is 9.61. The van der Waals surface area contributed by atoms with Gasteiger partial charge in [0.2, 0.25) is 0 Å². The summed E-state index contributed by atoms with van der Waals surface area (Å²) in [6, 6.07) is 8.79. The predicted molar refractivity (Wildman–Crippen MR) is 69.1 cm³/mol. The highest BCUT2D eigenvalue weighted by molar-refractivity contribution is 5.40. The zero-order chi connectivity index (χ0) is 11.8. The Hall–Kier alpha value is -0.860. The van der Waals surface area contributed by atoms with Crippen LogP contribution in [0.1, 0.15) is 30.4 Å². The first-order chi connectivity index (χ1) is 8.24. The average molecular weight is 231 g/mol. The first-order valence-electron chi connectivity index (χ1n) is 6.72. The predicted octanol–water partition coefficient (Wildman–Crippen LogP) is 2.03. The second kappa shape index (κ2) is 4.43. The molecule has 1 aliphatic carbocycles. The Balaban J connectivity index is 1.57. The lowest BCUT2D eigenvalue weighted by atomic mass is 9.77. The van der Waals surface area contributed by atoms with Crippen LogP contribution in [0, 0.1) is 5.92 Å². The molecular formula is C15H21NO. The molecule has 1 aliphatic heterocycles. The van der Waals surface area contributed by atoms with E-state index in [0.29, 0.717) is 5.92 Å². The summed E-state index contributed by atoms with van der Waals surface area (Å²) in [7, 11) is 0. The van der Waals surface area contributed by atoms with Gasteiger partial charge in [-0.25, -0.2) is 0 Å². The Bertz CT molecular complexity index is 402. The maximum absolute atomic E-state index is 9.61. The number of fused-ring (bicyclic) bond motifs is 1. The van der Waals surface area contributed by atoms with Crippen LogP contribution in [0.4, 0.5) is 0 Å². The van der Waals surface area contributed by atoms with Crippen molar-refractivity contribution in [2.24, 2.45) is 5.92 Å². The molecule has 0 saturated carbocycles. The van der Waals surface area contributed by atoms with Crippen LogP contribution in [0.5, 0.6) is 0 Å². The Morgan fingerprint density at radius 1 is 1.41 bits per heavy atom. The number of hydrogen-bond donors (Lipinski definition) is 1. The van der Waals surface area contributed by atoms with Gasteiger partial charge in [-0.2, -0.15) is 0 Å². The van der Waals surface area contributed by atoms with Crippen molar-refractivity contribution in [3.05, 3.63) is 35.4 Å². The van der Waals surface area contributed by atoms with E-state index in [9.17, 15) is 5.11 Å². The Morgan fingerprint density at radius 2 is 2.24 bits per heavy atom. The van der Waals surface area contributed by atoms with Gasteiger partial charge in [-0.15, -0.1) is 0 Å². The number of hydrogen-bond acceptors (Lipinski definition) is 2. The minimum absolute atomic E-state index is 0.145. The van der Waals surface area contributed by atoms with Gasteiger partial charge in [-0.1, -0.05) is 24.3 Å². The first-order valence-corrected chi connectivity index (χ1v) is 6.72. The fourth-order valence-corrected chi connectivity index (χ4v) is 3.26. The van der Waals surface area contributed by atoms with Gasteiger partial charge < -0.3 is 10.0 Å². The standard InChI is InChI=1S/C15H21NO/c1-11(17)13-6-7-16(9-13)10-14-8-12-4-2-3-5-15(12)14/h2-5,11,13-14,17H,6-10H2,1H3. The number of benzene rings is 1. The third kappa shape index (κ3) is 2.12. The number of aliphatic hydroxyl groups is 1. The van der Waals surface area contributed by atoms with Gasteiger partial charge in [0.15, 0.2) is 0 Å². The van der Waals surface area contributed by atoms with Crippen LogP contribution in [0.2, 0.25) is 0 Å². The smallest absolute Gasteiger partial charge is 0.0552 e. The van der Waals surface area contributed by atoms with Gasteiger partial charge in [0, 0.05) is 19.0 Å². The van der Waals surface area contributed by atoms with E-state index < -0.39 is 0 Å². The minimum Gasteiger partial charge on any atom is -0.393 e. The summed E-state index contributed by atoms with van der Waals surface area (Å²) in [4.78, 5) is 2.53. The third-order valence-corrected chi connectivity index (χ3v) is 4.43. The van der Waals surface area contributed by atoms with Crippen molar-refractivity contribution in [3.63, 3.8) is 0 Å². The van der Waals surface area contributed by atoms with E-state index in [1.165, 1.54) is 18.5 Å². The quantitative estimate of drug-likeness (QED) is 0.860. The van der Waals surface area contributed by atoms with Crippen LogP contribution < -0.4 is 0 Å². The molecule has 0 aromatic heterocycles. The summed E-state index contributed by atoms with van der Waals surface area (Å²) in [5.74, 6) is 1.23. The van der Waals surface area contributed by atoms with E-state index in [1.807, 2.05) is 6.92 Å². The van der Waals surface area contributed by atoms with E-state index >= 15 is 0 Å². The van der Waals surface area contributed by atoms with Crippen LogP contribution in [0.15, 0.2) is 24.3 Å². The Morgan fingerprint density at radius 3 is 2.94 bits per heavy atom. The molecule has 0 spiro atoms. The highest BCUT2D eigenvalue weighted by Crippen LogP contribution is 2.36. The summed E-state index contributed by atoms with van der Waals surface area (Å²) >= 11 is 0. The van der Waals surface area contributed by atoms with Crippen molar-refractivity contribution in [1.82, 2.24) is 4.90 Å². The molecule has 0 radical (unpaired) electrons. The Kier molecular flexibility index (Phi) is 2.93. The lowest BCUT2D eigenvalue weighted by Crippen LogP contribution is -2.32. The summed E-state index contributed by atoms with van der Waals surface area (Å²) in [5.41, 5.74) is 3.08. The monoisotopic (exact) mass is 231 g/mol. The lowest BCUT2D eigenvalue weighted by Gasteiger charge is -2.33. The summed E-state index contributed by atoms with van der Waals surface area (Å²) in [6.45, 7) is 5.34. The van der Waals surface area contributed by atoms with Crippen molar-refractivity contribution in [1.29, 1.82) is 0 Å². The number of aliphatic hydroxyl groups excluding tert-OH is 1. The molecule has 1 aromatic carbocycles. The van der Waals surface area contributed by atoms with Gasteiger partial charge in [-0.05, 0) is 43.4 Å². The van der Waals surface area contributed by atoms with Crippen LogP contribution >= 0.6 is 0 Å². The maximum Gasteiger partial charge on any atom is 0.0552 e. The SMILES string of the molecule is CC(O)C1CCN(CC2Cc3ccccc32)C1. The van der Waals surface area contributed by atoms with Crippen LogP contribution in [0.3, 0.4) is 0 Å². The largest absolute Gasteiger partial charge is 0.393 e. The van der Waals surface area contributed by atoms with E-state index in [1.54, 1.807) is 5.56 Å². The zero-order valence-electron chi connectivity index (χ0n) is 10.5. The molecule has 3 unspecified atom stereocenters. The molecule has 2 nitrogen and oxygen atoms in total. The van der Waals surface area contributed by atoms with E-state index in [0.717, 1.165) is 25.4 Å². The van der Waals surface area contributed by atoms with Crippen molar-refractivity contribution in [2.45, 2.75) is 31.8 Å². The molecular weight excluding hydrogens is 210 g/mol. The van der Waals surface area contributed by atoms with Gasteiger partial charge >= 0.3 is 0 Å². The molecule has 0 bridgehead atoms. The minimum atomic E-state index is -0.145. The zero-order valence-corrected chi connectivity index (χ0v) is 10.5. The van der Waals surface area contributed by atoms with E-state index in [-0.39, 0.29) is 6.10 Å². The molecule has 3 atom stereocenters. The second-order valence-corrected chi connectivity index (χ2v) is 5.65. The summed E-state index contributed by atoms with van der Waals surface area (Å²) in [6.07, 6.45) is 2.26. The van der Waals surface area contributed by atoms with Gasteiger partial charge in [0.1, 0.15) is 0 Å². The normalized spacial score (nSPS) is 29.8.